The van der Waals surface area contributed by atoms with Crippen LogP contribution >= 0.6 is 0 Å². The standard InChI is InChI=1S/C22H30N2O/c1-25-22-9-7-19(8-10-22)11-14-23-17-20-12-15-24(16-13-20)18-21-5-3-2-4-6-21/h2-10,20,23H,11-18H2,1H3. The molecule has 1 saturated heterocycles. The maximum absolute atomic E-state index is 5.20. The minimum atomic E-state index is 0.822. The van der Waals surface area contributed by atoms with Crippen LogP contribution in [-0.2, 0) is 13.0 Å². The van der Waals surface area contributed by atoms with Gasteiger partial charge in [0, 0.05) is 6.54 Å². The van der Waals surface area contributed by atoms with E-state index in [4.69, 9.17) is 4.74 Å². The molecule has 1 aliphatic rings. The normalized spacial score (nSPS) is 16.0. The van der Waals surface area contributed by atoms with E-state index >= 15 is 0 Å². The topological polar surface area (TPSA) is 24.5 Å². The van der Waals surface area contributed by atoms with Gasteiger partial charge in [-0.15, -0.1) is 0 Å². The van der Waals surface area contributed by atoms with Crippen molar-refractivity contribution in [2.45, 2.75) is 25.8 Å². The summed E-state index contributed by atoms with van der Waals surface area (Å²) in [5.41, 5.74) is 2.80. The number of nitrogens with zero attached hydrogens (tertiary/aromatic N) is 1. The second-order valence-electron chi connectivity index (χ2n) is 7.01. The smallest absolute Gasteiger partial charge is 0.118 e. The minimum Gasteiger partial charge on any atom is -0.497 e. The van der Waals surface area contributed by atoms with Crippen LogP contribution in [0.15, 0.2) is 54.6 Å². The third kappa shape index (κ3) is 5.87. The molecular weight excluding hydrogens is 308 g/mol. The molecule has 3 rings (SSSR count). The Balaban J connectivity index is 1.30. The van der Waals surface area contributed by atoms with Gasteiger partial charge in [-0.05, 0) is 74.6 Å². The van der Waals surface area contributed by atoms with Crippen LogP contribution in [0.3, 0.4) is 0 Å². The molecule has 1 heterocycles. The molecule has 1 N–H and O–H groups in total. The Hall–Kier alpha value is -1.84. The van der Waals surface area contributed by atoms with Crippen LogP contribution in [0.4, 0.5) is 0 Å². The van der Waals surface area contributed by atoms with Crippen molar-refractivity contribution in [1.29, 1.82) is 0 Å². The summed E-state index contributed by atoms with van der Waals surface area (Å²) in [5, 5.41) is 3.65. The first-order valence-electron chi connectivity index (χ1n) is 9.43. The van der Waals surface area contributed by atoms with Crippen molar-refractivity contribution in [3.63, 3.8) is 0 Å². The first kappa shape index (κ1) is 18.0. The fourth-order valence-corrected chi connectivity index (χ4v) is 3.52. The zero-order chi connectivity index (χ0) is 17.3. The molecule has 0 amide bonds. The molecule has 0 aromatic heterocycles. The molecule has 0 atom stereocenters. The molecule has 0 aliphatic carbocycles. The monoisotopic (exact) mass is 338 g/mol. The molecular formula is C22H30N2O. The molecule has 0 bridgehead atoms. The fourth-order valence-electron chi connectivity index (χ4n) is 3.52. The van der Waals surface area contributed by atoms with Crippen LogP contribution in [0.25, 0.3) is 0 Å². The zero-order valence-corrected chi connectivity index (χ0v) is 15.3. The lowest BCUT2D eigenvalue weighted by molar-refractivity contribution is 0.175. The second kappa shape index (κ2) is 9.59. The quantitative estimate of drug-likeness (QED) is 0.742. The number of hydrogen-bond donors (Lipinski definition) is 1. The van der Waals surface area contributed by atoms with E-state index in [0.717, 1.165) is 37.7 Å². The van der Waals surface area contributed by atoms with Crippen molar-refractivity contribution in [1.82, 2.24) is 10.2 Å². The summed E-state index contributed by atoms with van der Waals surface area (Å²) in [6.45, 7) is 5.74. The van der Waals surface area contributed by atoms with Crippen LogP contribution in [0, 0.1) is 5.92 Å². The summed E-state index contributed by atoms with van der Waals surface area (Å²) in [4.78, 5) is 2.59. The molecule has 134 valence electrons. The predicted octanol–water partition coefficient (Wildman–Crippen LogP) is 3.74. The molecule has 0 unspecified atom stereocenters. The Morgan fingerprint density at radius 1 is 0.960 bits per heavy atom. The van der Waals surface area contributed by atoms with Crippen LogP contribution in [0.1, 0.15) is 24.0 Å². The highest BCUT2D eigenvalue weighted by molar-refractivity contribution is 5.27. The third-order valence-electron chi connectivity index (χ3n) is 5.14. The predicted molar refractivity (Wildman–Crippen MR) is 104 cm³/mol. The van der Waals surface area contributed by atoms with Crippen molar-refractivity contribution in [2.24, 2.45) is 5.92 Å². The lowest BCUT2D eigenvalue weighted by Crippen LogP contribution is -2.37. The molecule has 0 radical (unpaired) electrons. The number of hydrogen-bond acceptors (Lipinski definition) is 3. The van der Waals surface area contributed by atoms with E-state index in [2.05, 4.69) is 52.7 Å². The van der Waals surface area contributed by atoms with Crippen molar-refractivity contribution < 1.29 is 4.74 Å². The average Bonchev–Trinajstić information content (AvgIpc) is 2.68. The average molecular weight is 338 g/mol. The first-order chi connectivity index (χ1) is 12.3. The Labute approximate surface area is 152 Å². The first-order valence-corrected chi connectivity index (χ1v) is 9.43. The molecule has 2 aromatic carbocycles. The van der Waals surface area contributed by atoms with Gasteiger partial charge < -0.3 is 10.1 Å². The van der Waals surface area contributed by atoms with Gasteiger partial charge in [0.15, 0.2) is 0 Å². The Bertz CT molecular complexity index is 604. The van der Waals surface area contributed by atoms with Crippen molar-refractivity contribution in [3.8, 4) is 5.75 Å². The van der Waals surface area contributed by atoms with E-state index in [1.807, 2.05) is 12.1 Å². The highest BCUT2D eigenvalue weighted by atomic mass is 16.5. The van der Waals surface area contributed by atoms with Gasteiger partial charge in [0.2, 0.25) is 0 Å². The van der Waals surface area contributed by atoms with Gasteiger partial charge >= 0.3 is 0 Å². The highest BCUT2D eigenvalue weighted by Gasteiger charge is 2.18. The van der Waals surface area contributed by atoms with Crippen molar-refractivity contribution in [3.05, 3.63) is 65.7 Å². The Morgan fingerprint density at radius 3 is 2.36 bits per heavy atom. The summed E-state index contributed by atoms with van der Waals surface area (Å²) in [7, 11) is 1.71. The Morgan fingerprint density at radius 2 is 1.68 bits per heavy atom. The largest absolute Gasteiger partial charge is 0.497 e. The lowest BCUT2D eigenvalue weighted by atomic mass is 9.96. The third-order valence-corrected chi connectivity index (χ3v) is 5.14. The molecule has 1 fully saturated rings. The van der Waals surface area contributed by atoms with E-state index < -0.39 is 0 Å². The van der Waals surface area contributed by atoms with Crippen molar-refractivity contribution in [2.75, 3.05) is 33.3 Å². The number of likely N-dealkylation sites (tertiary alicyclic amines) is 1. The van der Waals surface area contributed by atoms with E-state index in [1.54, 1.807) is 7.11 Å². The lowest BCUT2D eigenvalue weighted by Gasteiger charge is -2.32. The summed E-state index contributed by atoms with van der Waals surface area (Å²) >= 11 is 0. The summed E-state index contributed by atoms with van der Waals surface area (Å²) < 4.78 is 5.20. The minimum absolute atomic E-state index is 0.822. The van der Waals surface area contributed by atoms with Crippen LogP contribution < -0.4 is 10.1 Å². The van der Waals surface area contributed by atoms with E-state index in [-0.39, 0.29) is 0 Å². The summed E-state index contributed by atoms with van der Waals surface area (Å²) in [6, 6.07) is 19.2. The van der Waals surface area contributed by atoms with Gasteiger partial charge in [-0.2, -0.15) is 0 Å². The molecule has 0 saturated carbocycles. The summed E-state index contributed by atoms with van der Waals surface area (Å²) in [6.07, 6.45) is 3.70. The van der Waals surface area contributed by atoms with E-state index in [0.29, 0.717) is 0 Å². The molecule has 2 aromatic rings. The van der Waals surface area contributed by atoms with Gasteiger partial charge in [0.05, 0.1) is 7.11 Å². The van der Waals surface area contributed by atoms with Crippen LogP contribution in [0.5, 0.6) is 5.75 Å². The number of ether oxygens (including phenoxy) is 1. The van der Waals surface area contributed by atoms with Gasteiger partial charge in [0.25, 0.3) is 0 Å². The van der Waals surface area contributed by atoms with Gasteiger partial charge in [-0.1, -0.05) is 42.5 Å². The highest BCUT2D eigenvalue weighted by Crippen LogP contribution is 2.18. The molecule has 3 nitrogen and oxygen atoms in total. The molecule has 25 heavy (non-hydrogen) atoms. The maximum atomic E-state index is 5.20. The Kier molecular flexibility index (Phi) is 6.89. The van der Waals surface area contributed by atoms with Gasteiger partial charge in [-0.25, -0.2) is 0 Å². The zero-order valence-electron chi connectivity index (χ0n) is 15.3. The maximum Gasteiger partial charge on any atom is 0.118 e. The van der Waals surface area contributed by atoms with E-state index in [1.165, 1.54) is 37.1 Å². The number of benzene rings is 2. The van der Waals surface area contributed by atoms with Gasteiger partial charge in [-0.3, -0.25) is 4.90 Å². The number of methoxy groups -OCH3 is 1. The van der Waals surface area contributed by atoms with Gasteiger partial charge in [0.1, 0.15) is 5.75 Å². The second-order valence-corrected chi connectivity index (χ2v) is 7.01. The fraction of sp³-hybridized carbons (Fsp3) is 0.455. The molecule has 3 heteroatoms. The number of nitrogens with one attached hydrogen (secondary N) is 1. The molecule has 0 spiro atoms. The SMILES string of the molecule is COc1ccc(CCNCC2CCN(Cc3ccccc3)CC2)cc1. The number of rotatable bonds is 8. The molecule has 1 aliphatic heterocycles. The summed E-state index contributed by atoms with van der Waals surface area (Å²) in [5.74, 6) is 1.75. The van der Waals surface area contributed by atoms with Crippen LogP contribution in [-0.4, -0.2) is 38.2 Å². The van der Waals surface area contributed by atoms with E-state index in [9.17, 15) is 0 Å². The van der Waals surface area contributed by atoms with Crippen molar-refractivity contribution >= 4 is 0 Å². The van der Waals surface area contributed by atoms with Crippen LogP contribution in [0.2, 0.25) is 0 Å². The number of piperidine rings is 1.